The van der Waals surface area contributed by atoms with E-state index in [2.05, 4.69) is 15.6 Å². The van der Waals surface area contributed by atoms with Gasteiger partial charge in [0, 0.05) is 24.5 Å². The maximum Gasteiger partial charge on any atom is 0.253 e. The van der Waals surface area contributed by atoms with E-state index in [0.717, 1.165) is 18.7 Å². The molecule has 0 aliphatic carbocycles. The fourth-order valence-electron chi connectivity index (χ4n) is 1.97. The van der Waals surface area contributed by atoms with Crippen LogP contribution >= 0.6 is 24.8 Å². The van der Waals surface area contributed by atoms with Crippen molar-refractivity contribution in [2.45, 2.75) is 25.8 Å². The predicted octanol–water partition coefficient (Wildman–Crippen LogP) is 1.72. The fraction of sp³-hybridized carbons (Fsp3) is 0.500. The largest absolute Gasteiger partial charge is 0.350 e. The lowest BCUT2D eigenvalue weighted by Gasteiger charge is -2.12. The van der Waals surface area contributed by atoms with Gasteiger partial charge < -0.3 is 10.6 Å². The van der Waals surface area contributed by atoms with E-state index >= 15 is 0 Å². The van der Waals surface area contributed by atoms with E-state index in [4.69, 9.17) is 0 Å². The zero-order chi connectivity index (χ0) is 11.4. The summed E-state index contributed by atoms with van der Waals surface area (Å²) < 4.78 is 0. The van der Waals surface area contributed by atoms with Gasteiger partial charge in [-0.2, -0.15) is 0 Å². The third kappa shape index (κ3) is 4.44. The van der Waals surface area contributed by atoms with Gasteiger partial charge in [0.2, 0.25) is 0 Å². The lowest BCUT2D eigenvalue weighted by Crippen LogP contribution is -2.37. The first kappa shape index (κ1) is 17.2. The highest BCUT2D eigenvalue weighted by atomic mass is 35.5. The molecular weight excluding hydrogens is 273 g/mol. The lowest BCUT2D eigenvalue weighted by molar-refractivity contribution is 0.0949. The lowest BCUT2D eigenvalue weighted by atomic mass is 10.2. The van der Waals surface area contributed by atoms with Crippen molar-refractivity contribution in [3.05, 3.63) is 29.6 Å². The molecule has 0 spiro atoms. The van der Waals surface area contributed by atoms with Crippen molar-refractivity contribution >= 4 is 30.7 Å². The van der Waals surface area contributed by atoms with Gasteiger partial charge >= 0.3 is 0 Å². The van der Waals surface area contributed by atoms with Crippen molar-refractivity contribution in [2.24, 2.45) is 0 Å². The molecule has 0 aromatic carbocycles. The van der Waals surface area contributed by atoms with Gasteiger partial charge in [-0.25, -0.2) is 0 Å². The van der Waals surface area contributed by atoms with Gasteiger partial charge in [0.1, 0.15) is 0 Å². The predicted molar refractivity (Wildman–Crippen MR) is 76.8 cm³/mol. The van der Waals surface area contributed by atoms with E-state index in [0.29, 0.717) is 18.2 Å². The van der Waals surface area contributed by atoms with E-state index in [-0.39, 0.29) is 30.7 Å². The van der Waals surface area contributed by atoms with Crippen molar-refractivity contribution in [3.8, 4) is 0 Å². The minimum absolute atomic E-state index is 0. The van der Waals surface area contributed by atoms with Crippen LogP contribution < -0.4 is 10.6 Å². The molecule has 0 saturated carbocycles. The van der Waals surface area contributed by atoms with Gasteiger partial charge in [-0.05, 0) is 38.4 Å². The number of aromatic nitrogens is 1. The molecule has 102 valence electrons. The smallest absolute Gasteiger partial charge is 0.253 e. The standard InChI is InChI=1S/C12H17N3O.2ClH/c1-9-11(5-3-6-13-9)12(16)15-8-10-4-2-7-14-10;;/h3,5-6,10,14H,2,4,7-8H2,1H3,(H,15,16);2*1H. The Balaban J connectivity index is 0.00000144. The average Bonchev–Trinajstić information content (AvgIpc) is 2.79. The van der Waals surface area contributed by atoms with Crippen LogP contribution in [0.25, 0.3) is 0 Å². The Kier molecular flexibility index (Phi) is 7.91. The summed E-state index contributed by atoms with van der Waals surface area (Å²) in [5.74, 6) is -0.0284. The summed E-state index contributed by atoms with van der Waals surface area (Å²) in [5, 5.41) is 6.29. The summed E-state index contributed by atoms with van der Waals surface area (Å²) in [7, 11) is 0. The molecule has 0 bridgehead atoms. The summed E-state index contributed by atoms with van der Waals surface area (Å²) in [5.41, 5.74) is 1.44. The molecule has 1 amide bonds. The normalized spacial score (nSPS) is 17.5. The van der Waals surface area contributed by atoms with Crippen LogP contribution in [0, 0.1) is 6.92 Å². The van der Waals surface area contributed by atoms with Gasteiger partial charge in [0.15, 0.2) is 0 Å². The zero-order valence-electron chi connectivity index (χ0n) is 10.3. The van der Waals surface area contributed by atoms with Gasteiger partial charge in [-0.1, -0.05) is 0 Å². The molecule has 1 fully saturated rings. The highest BCUT2D eigenvalue weighted by Crippen LogP contribution is 2.05. The van der Waals surface area contributed by atoms with Gasteiger partial charge in [-0.15, -0.1) is 24.8 Å². The molecule has 2 N–H and O–H groups in total. The maximum absolute atomic E-state index is 11.8. The molecular formula is C12H19Cl2N3O. The SMILES string of the molecule is Cc1ncccc1C(=O)NCC1CCCN1.Cl.Cl. The van der Waals surface area contributed by atoms with Crippen molar-refractivity contribution in [3.63, 3.8) is 0 Å². The van der Waals surface area contributed by atoms with Crippen molar-refractivity contribution in [1.29, 1.82) is 0 Å². The number of carbonyl (C=O) groups is 1. The monoisotopic (exact) mass is 291 g/mol. The Labute approximate surface area is 120 Å². The Bertz CT molecular complexity index is 381. The molecule has 1 atom stereocenters. The highest BCUT2D eigenvalue weighted by Gasteiger charge is 2.15. The molecule has 1 aromatic heterocycles. The number of nitrogens with one attached hydrogen (secondary N) is 2. The summed E-state index contributed by atoms with van der Waals surface area (Å²) in [6, 6.07) is 4.02. The number of hydrogen-bond acceptors (Lipinski definition) is 3. The minimum atomic E-state index is -0.0284. The molecule has 4 nitrogen and oxygen atoms in total. The Morgan fingerprint density at radius 1 is 1.56 bits per heavy atom. The van der Waals surface area contributed by atoms with E-state index in [1.165, 1.54) is 6.42 Å². The molecule has 2 heterocycles. The first-order valence-corrected chi connectivity index (χ1v) is 5.70. The van der Waals surface area contributed by atoms with Crippen molar-refractivity contribution in [1.82, 2.24) is 15.6 Å². The Morgan fingerprint density at radius 3 is 2.94 bits per heavy atom. The van der Waals surface area contributed by atoms with Gasteiger partial charge in [-0.3, -0.25) is 9.78 Å². The fourth-order valence-corrected chi connectivity index (χ4v) is 1.97. The number of pyridine rings is 1. The Hall–Kier alpha value is -0.840. The molecule has 1 unspecified atom stereocenters. The molecule has 1 aromatic rings. The van der Waals surface area contributed by atoms with Crippen molar-refractivity contribution in [2.75, 3.05) is 13.1 Å². The number of carbonyl (C=O) groups excluding carboxylic acids is 1. The molecule has 1 saturated heterocycles. The number of rotatable bonds is 3. The quantitative estimate of drug-likeness (QED) is 0.892. The molecule has 1 aliphatic heterocycles. The number of hydrogen-bond donors (Lipinski definition) is 2. The second-order valence-electron chi connectivity index (χ2n) is 4.14. The third-order valence-electron chi connectivity index (χ3n) is 2.92. The van der Waals surface area contributed by atoms with Crippen LogP contribution in [0.5, 0.6) is 0 Å². The number of nitrogens with zero attached hydrogens (tertiary/aromatic N) is 1. The molecule has 1 aliphatic rings. The van der Waals surface area contributed by atoms with E-state index in [1.807, 2.05) is 6.92 Å². The molecule has 18 heavy (non-hydrogen) atoms. The highest BCUT2D eigenvalue weighted by molar-refractivity contribution is 5.95. The van der Waals surface area contributed by atoms with Crippen LogP contribution in [0.2, 0.25) is 0 Å². The third-order valence-corrected chi connectivity index (χ3v) is 2.92. The molecule has 2 rings (SSSR count). The molecule has 0 radical (unpaired) electrons. The summed E-state index contributed by atoms with van der Waals surface area (Å²) in [6.07, 6.45) is 4.05. The zero-order valence-corrected chi connectivity index (χ0v) is 11.9. The van der Waals surface area contributed by atoms with Crippen LogP contribution in [-0.4, -0.2) is 30.0 Å². The summed E-state index contributed by atoms with van der Waals surface area (Å²) in [6.45, 7) is 3.61. The number of amides is 1. The Morgan fingerprint density at radius 2 is 2.33 bits per heavy atom. The topological polar surface area (TPSA) is 54.0 Å². The van der Waals surface area contributed by atoms with E-state index in [9.17, 15) is 4.79 Å². The summed E-state index contributed by atoms with van der Waals surface area (Å²) >= 11 is 0. The van der Waals surface area contributed by atoms with Crippen LogP contribution in [0.4, 0.5) is 0 Å². The summed E-state index contributed by atoms with van der Waals surface area (Å²) in [4.78, 5) is 15.9. The van der Waals surface area contributed by atoms with Crippen LogP contribution in [0.1, 0.15) is 28.9 Å². The molecule has 6 heteroatoms. The minimum Gasteiger partial charge on any atom is -0.350 e. The van der Waals surface area contributed by atoms with Crippen LogP contribution in [0.3, 0.4) is 0 Å². The van der Waals surface area contributed by atoms with Crippen LogP contribution in [0.15, 0.2) is 18.3 Å². The first-order valence-electron chi connectivity index (χ1n) is 5.70. The number of aryl methyl sites for hydroxylation is 1. The average molecular weight is 292 g/mol. The number of halogens is 2. The van der Waals surface area contributed by atoms with Crippen LogP contribution in [-0.2, 0) is 0 Å². The van der Waals surface area contributed by atoms with E-state index < -0.39 is 0 Å². The van der Waals surface area contributed by atoms with E-state index in [1.54, 1.807) is 18.3 Å². The van der Waals surface area contributed by atoms with Gasteiger partial charge in [0.25, 0.3) is 5.91 Å². The second-order valence-corrected chi connectivity index (χ2v) is 4.14. The second kappa shape index (κ2) is 8.29. The van der Waals surface area contributed by atoms with Gasteiger partial charge in [0.05, 0.1) is 5.56 Å². The first-order chi connectivity index (χ1) is 7.77. The maximum atomic E-state index is 11.8. The van der Waals surface area contributed by atoms with Crippen molar-refractivity contribution < 1.29 is 4.79 Å².